The van der Waals surface area contributed by atoms with Crippen molar-refractivity contribution in [2.24, 2.45) is 5.41 Å². The number of nitrogens with zero attached hydrogens (tertiary/aromatic N) is 1. The Morgan fingerprint density at radius 2 is 1.84 bits per heavy atom. The number of hydrogen-bond donors (Lipinski definition) is 0. The lowest BCUT2D eigenvalue weighted by Gasteiger charge is -2.38. The normalized spacial score (nSPS) is 27.8. The minimum atomic E-state index is -5.84. The molecule has 0 saturated carbocycles. The number of alkyl halides is 3. The predicted octanol–water partition coefficient (Wildman–Crippen LogP) is 3.55. The number of likely N-dealkylation sites (tertiary alicyclic amines) is 1. The van der Waals surface area contributed by atoms with Gasteiger partial charge >= 0.3 is 21.7 Å². The Hall–Kier alpha value is -1.29. The number of carbonyl (C=O) groups is 1. The molecule has 1 heterocycles. The van der Waals surface area contributed by atoms with E-state index in [0.29, 0.717) is 25.7 Å². The maximum absolute atomic E-state index is 12.8. The van der Waals surface area contributed by atoms with Crippen molar-refractivity contribution in [3.63, 3.8) is 0 Å². The van der Waals surface area contributed by atoms with Gasteiger partial charge in [-0.25, -0.2) is 8.98 Å². The molecule has 2 aliphatic rings. The van der Waals surface area contributed by atoms with Crippen LogP contribution in [0.3, 0.4) is 0 Å². The molecule has 2 rings (SSSR count). The van der Waals surface area contributed by atoms with Crippen molar-refractivity contribution in [2.45, 2.75) is 63.8 Å². The average Bonchev–Trinajstić information content (AvgIpc) is 2.75. The van der Waals surface area contributed by atoms with E-state index in [4.69, 9.17) is 4.74 Å². The SMILES string of the molecule is CC(C)(C)OC(=O)N1CCC2(CC=CCC2)C1OS(=O)(=O)C(F)(F)F. The fourth-order valence-electron chi connectivity index (χ4n) is 3.11. The Balaban J connectivity index is 2.34. The topological polar surface area (TPSA) is 72.9 Å². The van der Waals surface area contributed by atoms with Crippen LogP contribution in [0.5, 0.6) is 0 Å². The lowest BCUT2D eigenvalue weighted by atomic mass is 9.75. The summed E-state index contributed by atoms with van der Waals surface area (Å²) < 4.78 is 71.2. The standard InChI is InChI=1S/C15H22F3NO5S/c1-13(2,3)23-12(20)19-10-9-14(7-5-4-6-8-14)11(19)24-25(21,22)15(16,17)18/h4-5,11H,6-10H2,1-3H3. The summed E-state index contributed by atoms with van der Waals surface area (Å²) in [5.41, 5.74) is -7.29. The van der Waals surface area contributed by atoms with Gasteiger partial charge in [-0.3, -0.25) is 4.90 Å². The largest absolute Gasteiger partial charge is 0.523 e. The molecule has 1 aliphatic heterocycles. The van der Waals surface area contributed by atoms with Crippen LogP contribution in [0, 0.1) is 5.41 Å². The van der Waals surface area contributed by atoms with Gasteiger partial charge in [-0.1, -0.05) is 12.2 Å². The van der Waals surface area contributed by atoms with Gasteiger partial charge in [0, 0.05) is 12.0 Å². The zero-order valence-corrected chi connectivity index (χ0v) is 15.1. The van der Waals surface area contributed by atoms with Crippen molar-refractivity contribution >= 4 is 16.2 Å². The van der Waals surface area contributed by atoms with E-state index in [0.717, 1.165) is 4.90 Å². The minimum Gasteiger partial charge on any atom is -0.444 e. The highest BCUT2D eigenvalue weighted by Gasteiger charge is 2.57. The molecule has 1 aliphatic carbocycles. The summed E-state index contributed by atoms with van der Waals surface area (Å²) in [5.74, 6) is 0. The van der Waals surface area contributed by atoms with Crippen LogP contribution in [0.15, 0.2) is 12.2 Å². The highest BCUT2D eigenvalue weighted by molar-refractivity contribution is 7.87. The van der Waals surface area contributed by atoms with Crippen LogP contribution in [0.4, 0.5) is 18.0 Å². The first-order valence-corrected chi connectivity index (χ1v) is 9.32. The number of allylic oxidation sites excluding steroid dienone is 2. The minimum absolute atomic E-state index is 0.0702. The van der Waals surface area contributed by atoms with Gasteiger partial charge in [0.25, 0.3) is 0 Å². The second kappa shape index (κ2) is 6.46. The lowest BCUT2D eigenvalue weighted by Crippen LogP contribution is -2.49. The molecule has 0 aromatic rings. The quantitative estimate of drug-likeness (QED) is 0.413. The molecule has 144 valence electrons. The number of hydrogen-bond acceptors (Lipinski definition) is 5. The van der Waals surface area contributed by atoms with Crippen molar-refractivity contribution < 1.29 is 35.3 Å². The highest BCUT2D eigenvalue weighted by Crippen LogP contribution is 2.48. The van der Waals surface area contributed by atoms with Crippen molar-refractivity contribution in [3.05, 3.63) is 12.2 Å². The zero-order chi connectivity index (χ0) is 19.1. The summed E-state index contributed by atoms with van der Waals surface area (Å²) >= 11 is 0. The summed E-state index contributed by atoms with van der Waals surface area (Å²) in [6, 6.07) is 0. The number of halogens is 3. The lowest BCUT2D eigenvalue weighted by molar-refractivity contribution is -0.0802. The average molecular weight is 385 g/mol. The molecule has 0 aromatic heterocycles. The molecule has 1 amide bonds. The first-order chi connectivity index (χ1) is 11.3. The molecule has 0 radical (unpaired) electrons. The Morgan fingerprint density at radius 3 is 2.32 bits per heavy atom. The van der Waals surface area contributed by atoms with E-state index in [1.165, 1.54) is 0 Å². The third-order valence-corrected chi connectivity index (χ3v) is 5.29. The first-order valence-electron chi connectivity index (χ1n) is 7.92. The van der Waals surface area contributed by atoms with E-state index < -0.39 is 39.0 Å². The molecular formula is C15H22F3NO5S. The van der Waals surface area contributed by atoms with Crippen LogP contribution in [-0.4, -0.2) is 43.3 Å². The van der Waals surface area contributed by atoms with E-state index in [1.54, 1.807) is 26.8 Å². The van der Waals surface area contributed by atoms with E-state index in [1.807, 2.05) is 6.08 Å². The third kappa shape index (κ3) is 4.28. The van der Waals surface area contributed by atoms with Gasteiger partial charge in [-0.2, -0.15) is 21.6 Å². The molecule has 25 heavy (non-hydrogen) atoms. The molecule has 2 atom stereocenters. The van der Waals surface area contributed by atoms with Crippen LogP contribution in [0.1, 0.15) is 46.5 Å². The van der Waals surface area contributed by atoms with Crippen LogP contribution >= 0.6 is 0 Å². The van der Waals surface area contributed by atoms with E-state index >= 15 is 0 Å². The Morgan fingerprint density at radius 1 is 1.20 bits per heavy atom. The van der Waals surface area contributed by atoms with Gasteiger partial charge < -0.3 is 4.74 Å². The second-order valence-electron chi connectivity index (χ2n) is 7.35. The summed E-state index contributed by atoms with van der Waals surface area (Å²) in [4.78, 5) is 13.3. The third-order valence-electron chi connectivity index (χ3n) is 4.29. The van der Waals surface area contributed by atoms with Gasteiger partial charge in [0.05, 0.1) is 0 Å². The van der Waals surface area contributed by atoms with Gasteiger partial charge in [0.1, 0.15) is 5.60 Å². The second-order valence-corrected chi connectivity index (χ2v) is 8.91. The van der Waals surface area contributed by atoms with Gasteiger partial charge in [0.15, 0.2) is 6.23 Å². The first kappa shape index (κ1) is 20.0. The maximum Gasteiger partial charge on any atom is 0.523 e. The van der Waals surface area contributed by atoms with Crippen molar-refractivity contribution in [1.29, 1.82) is 0 Å². The van der Waals surface area contributed by atoms with Gasteiger partial charge in [-0.05, 0) is 46.5 Å². The van der Waals surface area contributed by atoms with Gasteiger partial charge in [0.2, 0.25) is 0 Å². The number of amides is 1. The monoisotopic (exact) mass is 385 g/mol. The number of ether oxygens (including phenoxy) is 1. The molecule has 0 bridgehead atoms. The van der Waals surface area contributed by atoms with Crippen LogP contribution in [-0.2, 0) is 19.0 Å². The summed E-state index contributed by atoms with van der Waals surface area (Å²) in [6.45, 7) is 4.91. The zero-order valence-electron chi connectivity index (χ0n) is 14.3. The van der Waals surface area contributed by atoms with E-state index in [-0.39, 0.29) is 6.54 Å². The highest BCUT2D eigenvalue weighted by atomic mass is 32.2. The van der Waals surface area contributed by atoms with Crippen molar-refractivity contribution in [2.75, 3.05) is 6.54 Å². The summed E-state index contributed by atoms with van der Waals surface area (Å²) in [7, 11) is -5.84. The van der Waals surface area contributed by atoms with Crippen molar-refractivity contribution in [1.82, 2.24) is 4.90 Å². The molecule has 0 N–H and O–H groups in total. The van der Waals surface area contributed by atoms with E-state index in [9.17, 15) is 26.4 Å². The Bertz CT molecular complexity index is 653. The van der Waals surface area contributed by atoms with Crippen LogP contribution in [0.25, 0.3) is 0 Å². The van der Waals surface area contributed by atoms with E-state index in [2.05, 4.69) is 4.18 Å². The molecule has 6 nitrogen and oxygen atoms in total. The maximum atomic E-state index is 12.8. The molecule has 1 spiro atoms. The summed E-state index contributed by atoms with van der Waals surface area (Å²) in [5, 5.41) is 0. The van der Waals surface area contributed by atoms with Crippen molar-refractivity contribution in [3.8, 4) is 0 Å². The molecule has 10 heteroatoms. The Labute approximate surface area is 145 Å². The number of rotatable bonds is 2. The molecule has 1 fully saturated rings. The van der Waals surface area contributed by atoms with Gasteiger partial charge in [-0.15, -0.1) is 0 Å². The fourth-order valence-corrected chi connectivity index (χ4v) is 3.77. The predicted molar refractivity (Wildman–Crippen MR) is 82.8 cm³/mol. The Kier molecular flexibility index (Phi) is 5.17. The molecule has 1 saturated heterocycles. The smallest absolute Gasteiger partial charge is 0.444 e. The van der Waals surface area contributed by atoms with Crippen LogP contribution < -0.4 is 0 Å². The molecule has 2 unspecified atom stereocenters. The fraction of sp³-hybridized carbons (Fsp3) is 0.800. The molecule has 0 aromatic carbocycles. The number of carbonyl (C=O) groups excluding carboxylic acids is 1. The summed E-state index contributed by atoms with van der Waals surface area (Å²) in [6.07, 6.45) is 2.91. The molecular weight excluding hydrogens is 363 g/mol. The van der Waals surface area contributed by atoms with Crippen LogP contribution in [0.2, 0.25) is 0 Å².